The fraction of sp³-hybridized carbons (Fsp3) is 0.385. The van der Waals surface area contributed by atoms with Gasteiger partial charge in [0.05, 0.1) is 11.6 Å². The highest BCUT2D eigenvalue weighted by atomic mass is 19.1. The Morgan fingerprint density at radius 1 is 1.10 bits per heavy atom. The number of piperidine rings is 1. The molecule has 0 radical (unpaired) electrons. The molecule has 2 heterocycles. The number of ketones is 1. The summed E-state index contributed by atoms with van der Waals surface area (Å²) >= 11 is 0. The van der Waals surface area contributed by atoms with Crippen LogP contribution in [0.3, 0.4) is 0 Å². The molecule has 0 spiro atoms. The molecule has 4 rings (SSSR count). The van der Waals surface area contributed by atoms with E-state index in [0.717, 1.165) is 56.4 Å². The number of unbranched alkanes of at least 4 members (excludes halogenated alkanes) is 1. The second-order valence-electron chi connectivity index (χ2n) is 8.53. The summed E-state index contributed by atoms with van der Waals surface area (Å²) < 4.78 is 18.7. The van der Waals surface area contributed by atoms with Crippen LogP contribution in [0.15, 0.2) is 57.9 Å². The van der Waals surface area contributed by atoms with Gasteiger partial charge >= 0.3 is 0 Å². The van der Waals surface area contributed by atoms with E-state index in [1.54, 1.807) is 18.4 Å². The van der Waals surface area contributed by atoms with E-state index in [4.69, 9.17) is 4.42 Å². The van der Waals surface area contributed by atoms with Crippen LogP contribution in [0.1, 0.15) is 47.2 Å². The fourth-order valence-electron chi connectivity index (χ4n) is 4.38. The zero-order valence-corrected chi connectivity index (χ0v) is 17.9. The third-order valence-corrected chi connectivity index (χ3v) is 6.26. The van der Waals surface area contributed by atoms with E-state index in [1.807, 2.05) is 25.1 Å². The number of hydrogen-bond donors (Lipinski definition) is 0. The molecule has 1 aromatic heterocycles. The number of benzene rings is 2. The van der Waals surface area contributed by atoms with Crippen LogP contribution in [-0.4, -0.2) is 30.3 Å². The van der Waals surface area contributed by atoms with Gasteiger partial charge in [0, 0.05) is 17.0 Å². The van der Waals surface area contributed by atoms with Crippen LogP contribution in [0, 0.1) is 18.7 Å². The highest BCUT2D eigenvalue weighted by Crippen LogP contribution is 2.22. The van der Waals surface area contributed by atoms with Crippen LogP contribution in [0.25, 0.3) is 11.0 Å². The van der Waals surface area contributed by atoms with Crippen molar-refractivity contribution in [3.8, 4) is 0 Å². The standard InChI is InChI=1S/C26H28FNO3/c1-18-5-10-24-23(16-18)26(30)21(17-31-24)4-2-3-13-28-14-11-20(12-15-28)25(29)19-6-8-22(27)9-7-19/h5-10,16-17,20H,2-4,11-15H2,1H3. The smallest absolute Gasteiger partial charge is 0.195 e. The van der Waals surface area contributed by atoms with Crippen LogP contribution < -0.4 is 5.43 Å². The summed E-state index contributed by atoms with van der Waals surface area (Å²) in [6.45, 7) is 4.74. The molecule has 31 heavy (non-hydrogen) atoms. The second kappa shape index (κ2) is 9.56. The van der Waals surface area contributed by atoms with Crippen LogP contribution in [0.4, 0.5) is 4.39 Å². The monoisotopic (exact) mass is 421 g/mol. The summed E-state index contributed by atoms with van der Waals surface area (Å²) in [6, 6.07) is 11.5. The number of likely N-dealkylation sites (tertiary alicyclic amines) is 1. The number of nitrogens with zero attached hydrogens (tertiary/aromatic N) is 1. The fourth-order valence-corrected chi connectivity index (χ4v) is 4.38. The molecule has 1 fully saturated rings. The van der Waals surface area contributed by atoms with E-state index in [1.165, 1.54) is 12.1 Å². The molecule has 0 atom stereocenters. The Bertz CT molecular complexity index is 1110. The first-order chi connectivity index (χ1) is 15.0. The molecule has 1 saturated heterocycles. The first kappa shape index (κ1) is 21.4. The quantitative estimate of drug-likeness (QED) is 0.391. The van der Waals surface area contributed by atoms with Crippen LogP contribution in [0.2, 0.25) is 0 Å². The van der Waals surface area contributed by atoms with E-state index in [9.17, 15) is 14.0 Å². The van der Waals surface area contributed by atoms with Gasteiger partial charge in [-0.15, -0.1) is 0 Å². The summed E-state index contributed by atoms with van der Waals surface area (Å²) in [6.07, 6.45) is 5.92. The lowest BCUT2D eigenvalue weighted by atomic mass is 9.89. The molecule has 5 heteroatoms. The number of carbonyl (C=O) groups excluding carboxylic acids is 1. The lowest BCUT2D eigenvalue weighted by Crippen LogP contribution is -2.37. The van der Waals surface area contributed by atoms with E-state index >= 15 is 0 Å². The number of halogens is 1. The maximum Gasteiger partial charge on any atom is 0.195 e. The Morgan fingerprint density at radius 3 is 2.58 bits per heavy atom. The van der Waals surface area contributed by atoms with Gasteiger partial charge in [0.15, 0.2) is 11.2 Å². The molecule has 3 aromatic rings. The Hall–Kier alpha value is -2.79. The van der Waals surface area contributed by atoms with Crippen LogP contribution >= 0.6 is 0 Å². The SMILES string of the molecule is Cc1ccc2occ(CCCCN3CCC(C(=O)c4ccc(F)cc4)CC3)c(=O)c2c1. The van der Waals surface area contributed by atoms with Crippen molar-refractivity contribution in [1.82, 2.24) is 4.90 Å². The number of Topliss-reactive ketones (excluding diaryl/α,β-unsaturated/α-hetero) is 1. The topological polar surface area (TPSA) is 50.5 Å². The van der Waals surface area contributed by atoms with E-state index in [2.05, 4.69) is 4.90 Å². The first-order valence-electron chi connectivity index (χ1n) is 11.0. The van der Waals surface area contributed by atoms with Crippen LogP contribution in [-0.2, 0) is 6.42 Å². The number of aryl methyl sites for hydroxylation is 2. The van der Waals surface area contributed by atoms with E-state index in [-0.39, 0.29) is 22.9 Å². The van der Waals surface area contributed by atoms with Crippen molar-refractivity contribution in [1.29, 1.82) is 0 Å². The number of hydrogen-bond acceptors (Lipinski definition) is 4. The van der Waals surface area contributed by atoms with Gasteiger partial charge in [-0.25, -0.2) is 4.39 Å². The average molecular weight is 422 g/mol. The average Bonchev–Trinajstić information content (AvgIpc) is 2.79. The predicted molar refractivity (Wildman–Crippen MR) is 120 cm³/mol. The predicted octanol–water partition coefficient (Wildman–Crippen LogP) is 5.16. The molecule has 1 aliphatic heterocycles. The van der Waals surface area contributed by atoms with Gasteiger partial charge in [0.2, 0.25) is 0 Å². The van der Waals surface area contributed by atoms with Crippen molar-refractivity contribution in [2.75, 3.05) is 19.6 Å². The largest absolute Gasteiger partial charge is 0.464 e. The summed E-state index contributed by atoms with van der Waals surface area (Å²) in [5, 5.41) is 0.658. The van der Waals surface area contributed by atoms with Crippen molar-refractivity contribution >= 4 is 16.8 Å². The summed E-state index contributed by atoms with van der Waals surface area (Å²) in [5.74, 6) is -0.173. The summed E-state index contributed by atoms with van der Waals surface area (Å²) in [7, 11) is 0. The molecule has 4 nitrogen and oxygen atoms in total. The van der Waals surface area contributed by atoms with Gasteiger partial charge in [0.1, 0.15) is 11.4 Å². The van der Waals surface area contributed by atoms with Gasteiger partial charge in [-0.3, -0.25) is 9.59 Å². The van der Waals surface area contributed by atoms with Gasteiger partial charge in [-0.2, -0.15) is 0 Å². The molecule has 162 valence electrons. The zero-order valence-electron chi connectivity index (χ0n) is 17.9. The van der Waals surface area contributed by atoms with E-state index in [0.29, 0.717) is 23.0 Å². The maximum absolute atomic E-state index is 13.1. The first-order valence-corrected chi connectivity index (χ1v) is 11.0. The Labute approximate surface area is 181 Å². The molecule has 0 N–H and O–H groups in total. The molecule has 0 amide bonds. The third-order valence-electron chi connectivity index (χ3n) is 6.26. The number of carbonyl (C=O) groups is 1. The molecular formula is C26H28FNO3. The third kappa shape index (κ3) is 5.10. The lowest BCUT2D eigenvalue weighted by Gasteiger charge is -2.31. The molecule has 0 bridgehead atoms. The van der Waals surface area contributed by atoms with Gasteiger partial charge < -0.3 is 9.32 Å². The molecule has 0 aliphatic carbocycles. The summed E-state index contributed by atoms with van der Waals surface area (Å²) in [4.78, 5) is 27.7. The van der Waals surface area contributed by atoms with Crippen molar-refractivity contribution in [3.05, 3.63) is 81.5 Å². The molecule has 0 unspecified atom stereocenters. The molecule has 2 aromatic carbocycles. The van der Waals surface area contributed by atoms with Gasteiger partial charge in [-0.1, -0.05) is 11.6 Å². The molecule has 1 aliphatic rings. The highest BCUT2D eigenvalue weighted by Gasteiger charge is 2.25. The van der Waals surface area contributed by atoms with Crippen molar-refractivity contribution in [2.24, 2.45) is 5.92 Å². The highest BCUT2D eigenvalue weighted by molar-refractivity contribution is 5.97. The Balaban J connectivity index is 1.23. The summed E-state index contributed by atoms with van der Waals surface area (Å²) in [5.41, 5.74) is 3.10. The molecular weight excluding hydrogens is 393 g/mol. The normalized spacial score (nSPS) is 15.4. The number of rotatable bonds is 7. The Kier molecular flexibility index (Phi) is 6.62. The van der Waals surface area contributed by atoms with Crippen LogP contribution in [0.5, 0.6) is 0 Å². The van der Waals surface area contributed by atoms with Gasteiger partial charge in [-0.05, 0) is 95.1 Å². The zero-order chi connectivity index (χ0) is 21.8. The minimum absolute atomic E-state index is 0.0207. The lowest BCUT2D eigenvalue weighted by molar-refractivity contribution is 0.0839. The van der Waals surface area contributed by atoms with Crippen molar-refractivity contribution < 1.29 is 13.6 Å². The molecule has 0 saturated carbocycles. The van der Waals surface area contributed by atoms with Crippen molar-refractivity contribution in [2.45, 2.75) is 39.0 Å². The minimum atomic E-state index is -0.317. The second-order valence-corrected chi connectivity index (χ2v) is 8.53. The van der Waals surface area contributed by atoms with Gasteiger partial charge in [0.25, 0.3) is 0 Å². The minimum Gasteiger partial charge on any atom is -0.464 e. The number of fused-ring (bicyclic) bond motifs is 1. The van der Waals surface area contributed by atoms with E-state index < -0.39 is 0 Å². The Morgan fingerprint density at radius 2 is 1.84 bits per heavy atom. The van der Waals surface area contributed by atoms with Crippen molar-refractivity contribution in [3.63, 3.8) is 0 Å². The maximum atomic E-state index is 13.1.